The molecule has 1 aliphatic rings. The van der Waals surface area contributed by atoms with E-state index < -0.39 is 0 Å². The second-order valence-corrected chi connectivity index (χ2v) is 7.39. The molecule has 2 heterocycles. The average molecular weight is 393 g/mol. The highest BCUT2D eigenvalue weighted by Crippen LogP contribution is 2.16. The number of benzene rings is 2. The summed E-state index contributed by atoms with van der Waals surface area (Å²) in [6.07, 6.45) is 0. The van der Waals surface area contributed by atoms with E-state index in [2.05, 4.69) is 17.4 Å². The number of fused-ring (bicyclic) bond motifs is 1. The summed E-state index contributed by atoms with van der Waals surface area (Å²) in [5.41, 5.74) is 1.36. The van der Waals surface area contributed by atoms with Gasteiger partial charge in [-0.2, -0.15) is 0 Å². The smallest absolute Gasteiger partial charge is 0.287 e. The lowest BCUT2D eigenvalue weighted by Gasteiger charge is -2.35. The molecule has 29 heavy (non-hydrogen) atoms. The Morgan fingerprint density at radius 3 is 2.48 bits per heavy atom. The second kappa shape index (κ2) is 8.59. The Hall–Kier alpha value is -2.96. The minimum atomic E-state index is -0.381. The van der Waals surface area contributed by atoms with E-state index in [0.29, 0.717) is 24.2 Å². The van der Waals surface area contributed by atoms with Crippen LogP contribution in [0.5, 0.6) is 0 Å². The zero-order valence-electron chi connectivity index (χ0n) is 16.4. The third kappa shape index (κ3) is 4.23. The Balaban J connectivity index is 1.59. The van der Waals surface area contributed by atoms with Gasteiger partial charge in [0.15, 0.2) is 11.2 Å². The van der Waals surface area contributed by atoms with Crippen LogP contribution in [0.1, 0.15) is 29.1 Å². The van der Waals surface area contributed by atoms with Gasteiger partial charge in [0.1, 0.15) is 24.7 Å². The number of rotatable bonds is 5. The third-order valence-electron chi connectivity index (χ3n) is 5.45. The molecular formula is C23H25N2O4+. The Bertz CT molecular complexity index is 1040. The third-order valence-corrected chi connectivity index (χ3v) is 5.45. The lowest BCUT2D eigenvalue weighted by molar-refractivity contribution is -0.940. The molecule has 2 atom stereocenters. The molecule has 0 spiro atoms. The molecule has 2 N–H and O–H groups in total. The van der Waals surface area contributed by atoms with Crippen LogP contribution < -0.4 is 15.6 Å². The monoisotopic (exact) mass is 393 g/mol. The SMILES string of the molecule is C[C@H](NC(=O)c1cc(=O)c2ccccc2o1)[C@@H](c1ccccc1)[NH+]1CCOCC1. The Kier molecular flexibility index (Phi) is 5.74. The van der Waals surface area contributed by atoms with E-state index in [-0.39, 0.29) is 29.2 Å². The van der Waals surface area contributed by atoms with E-state index in [0.717, 1.165) is 18.7 Å². The standard InChI is InChI=1S/C23H24N2O4/c1-16(22(17-7-3-2-4-8-17)25-11-13-28-14-12-25)24-23(27)21-15-19(26)18-9-5-6-10-20(18)29-21/h2-10,15-16,22H,11-14H2,1H3,(H,24,27)/p+1/t16-,22-/m0/s1. The zero-order chi connectivity index (χ0) is 20.2. The van der Waals surface area contributed by atoms with Crippen LogP contribution >= 0.6 is 0 Å². The van der Waals surface area contributed by atoms with Crippen molar-refractivity contribution in [1.29, 1.82) is 0 Å². The van der Waals surface area contributed by atoms with Crippen molar-refractivity contribution in [3.63, 3.8) is 0 Å². The number of nitrogens with one attached hydrogen (secondary N) is 2. The van der Waals surface area contributed by atoms with Gasteiger partial charge in [-0.3, -0.25) is 9.59 Å². The number of amides is 1. The lowest BCUT2D eigenvalue weighted by Crippen LogP contribution is -3.15. The summed E-state index contributed by atoms with van der Waals surface area (Å²) in [6, 6.07) is 18.3. The minimum Gasteiger partial charge on any atom is -0.451 e. The maximum absolute atomic E-state index is 12.9. The van der Waals surface area contributed by atoms with Gasteiger partial charge in [-0.15, -0.1) is 0 Å². The first-order valence-electron chi connectivity index (χ1n) is 9.94. The Morgan fingerprint density at radius 2 is 1.72 bits per heavy atom. The number of ether oxygens (including phenoxy) is 1. The average Bonchev–Trinajstić information content (AvgIpc) is 2.75. The van der Waals surface area contributed by atoms with Gasteiger partial charge in [0.2, 0.25) is 0 Å². The maximum atomic E-state index is 12.9. The molecule has 2 aromatic carbocycles. The molecular weight excluding hydrogens is 368 g/mol. The Labute approximate surface area is 169 Å². The highest BCUT2D eigenvalue weighted by atomic mass is 16.5. The van der Waals surface area contributed by atoms with Crippen LogP contribution in [-0.4, -0.2) is 38.3 Å². The molecule has 1 amide bonds. The molecule has 6 nitrogen and oxygen atoms in total. The first kappa shape index (κ1) is 19.4. The fourth-order valence-electron chi connectivity index (χ4n) is 4.06. The zero-order valence-corrected chi connectivity index (χ0v) is 16.4. The van der Waals surface area contributed by atoms with Crippen molar-refractivity contribution in [2.75, 3.05) is 26.3 Å². The minimum absolute atomic E-state index is 0.0318. The van der Waals surface area contributed by atoms with Crippen molar-refractivity contribution in [3.05, 3.63) is 82.2 Å². The molecule has 1 saturated heterocycles. The van der Waals surface area contributed by atoms with E-state index in [1.165, 1.54) is 11.0 Å². The van der Waals surface area contributed by atoms with Crippen LogP contribution in [0.3, 0.4) is 0 Å². The number of para-hydroxylation sites is 1. The van der Waals surface area contributed by atoms with Crippen molar-refractivity contribution < 1.29 is 18.8 Å². The fourth-order valence-corrected chi connectivity index (χ4v) is 4.06. The van der Waals surface area contributed by atoms with Gasteiger partial charge in [-0.1, -0.05) is 42.5 Å². The molecule has 0 unspecified atom stereocenters. The second-order valence-electron chi connectivity index (χ2n) is 7.39. The van der Waals surface area contributed by atoms with Crippen LogP contribution in [0, 0.1) is 0 Å². The van der Waals surface area contributed by atoms with Crippen molar-refractivity contribution in [1.82, 2.24) is 5.32 Å². The van der Waals surface area contributed by atoms with Gasteiger partial charge in [-0.05, 0) is 19.1 Å². The number of carbonyl (C=O) groups is 1. The summed E-state index contributed by atoms with van der Waals surface area (Å²) < 4.78 is 11.2. The largest absolute Gasteiger partial charge is 0.451 e. The summed E-state index contributed by atoms with van der Waals surface area (Å²) in [6.45, 7) is 5.17. The number of hydrogen-bond donors (Lipinski definition) is 2. The van der Waals surface area contributed by atoms with Crippen molar-refractivity contribution in [2.24, 2.45) is 0 Å². The van der Waals surface area contributed by atoms with E-state index in [4.69, 9.17) is 9.15 Å². The summed E-state index contributed by atoms with van der Waals surface area (Å²) in [5.74, 6) is -0.349. The van der Waals surface area contributed by atoms with Crippen molar-refractivity contribution in [2.45, 2.75) is 19.0 Å². The number of morpholine rings is 1. The fraction of sp³-hybridized carbons (Fsp3) is 0.304. The molecule has 0 bridgehead atoms. The highest BCUT2D eigenvalue weighted by molar-refractivity contribution is 5.93. The quantitative estimate of drug-likeness (QED) is 0.690. The molecule has 150 valence electrons. The molecule has 0 saturated carbocycles. The normalized spacial score (nSPS) is 17.0. The molecule has 4 rings (SSSR count). The molecule has 3 aromatic rings. The highest BCUT2D eigenvalue weighted by Gasteiger charge is 2.32. The molecule has 1 fully saturated rings. The van der Waals surface area contributed by atoms with E-state index >= 15 is 0 Å². The van der Waals surface area contributed by atoms with Gasteiger partial charge in [-0.25, -0.2) is 0 Å². The predicted molar refractivity (Wildman–Crippen MR) is 110 cm³/mol. The van der Waals surface area contributed by atoms with Crippen molar-refractivity contribution >= 4 is 16.9 Å². The topological polar surface area (TPSA) is 73.0 Å². The van der Waals surface area contributed by atoms with Crippen LogP contribution in [0.4, 0.5) is 0 Å². The summed E-state index contributed by atoms with van der Waals surface area (Å²) in [5, 5.41) is 3.52. The van der Waals surface area contributed by atoms with E-state index in [1.54, 1.807) is 24.3 Å². The van der Waals surface area contributed by atoms with Crippen molar-refractivity contribution in [3.8, 4) is 0 Å². The van der Waals surface area contributed by atoms with Gasteiger partial charge in [0.05, 0.1) is 24.6 Å². The van der Waals surface area contributed by atoms with Crippen LogP contribution in [0.2, 0.25) is 0 Å². The number of carbonyl (C=O) groups excluding carboxylic acids is 1. The lowest BCUT2D eigenvalue weighted by atomic mass is 9.98. The van der Waals surface area contributed by atoms with Crippen LogP contribution in [0.25, 0.3) is 11.0 Å². The molecule has 1 aliphatic heterocycles. The number of quaternary nitrogens is 1. The van der Waals surface area contributed by atoms with E-state index in [9.17, 15) is 9.59 Å². The van der Waals surface area contributed by atoms with Gasteiger partial charge in [0, 0.05) is 11.6 Å². The number of hydrogen-bond acceptors (Lipinski definition) is 4. The van der Waals surface area contributed by atoms with Gasteiger partial charge >= 0.3 is 0 Å². The van der Waals surface area contributed by atoms with Crippen LogP contribution in [-0.2, 0) is 4.74 Å². The molecule has 0 radical (unpaired) electrons. The predicted octanol–water partition coefficient (Wildman–Crippen LogP) is 1.57. The summed E-state index contributed by atoms with van der Waals surface area (Å²) in [4.78, 5) is 26.6. The van der Waals surface area contributed by atoms with Crippen LogP contribution in [0.15, 0.2) is 69.9 Å². The van der Waals surface area contributed by atoms with E-state index in [1.807, 2.05) is 25.1 Å². The maximum Gasteiger partial charge on any atom is 0.287 e. The van der Waals surface area contributed by atoms with Gasteiger partial charge in [0.25, 0.3) is 5.91 Å². The molecule has 0 aliphatic carbocycles. The Morgan fingerprint density at radius 1 is 1.03 bits per heavy atom. The summed E-state index contributed by atoms with van der Waals surface area (Å²) in [7, 11) is 0. The van der Waals surface area contributed by atoms with Gasteiger partial charge < -0.3 is 19.4 Å². The first-order valence-corrected chi connectivity index (χ1v) is 9.94. The first-order chi connectivity index (χ1) is 14.1. The molecule has 6 heteroatoms. The summed E-state index contributed by atoms with van der Waals surface area (Å²) >= 11 is 0. The molecule has 1 aromatic heterocycles.